The van der Waals surface area contributed by atoms with Crippen molar-refractivity contribution in [2.75, 3.05) is 13.7 Å². The zero-order valence-electron chi connectivity index (χ0n) is 13.2. The van der Waals surface area contributed by atoms with Crippen LogP contribution in [-0.2, 0) is 16.0 Å². The van der Waals surface area contributed by atoms with Crippen LogP contribution >= 0.6 is 11.6 Å². The van der Waals surface area contributed by atoms with Gasteiger partial charge in [0.2, 0.25) is 5.91 Å². The van der Waals surface area contributed by atoms with E-state index in [0.29, 0.717) is 11.6 Å². The fraction of sp³-hybridized carbons (Fsp3) is 0.500. The molecule has 0 aliphatic heterocycles. The summed E-state index contributed by atoms with van der Waals surface area (Å²) in [5.41, 5.74) is 1.17. The van der Waals surface area contributed by atoms with Gasteiger partial charge in [0.15, 0.2) is 0 Å². The van der Waals surface area contributed by atoms with Gasteiger partial charge in [-0.15, -0.1) is 0 Å². The highest BCUT2D eigenvalue weighted by Crippen LogP contribution is 2.10. The Morgan fingerprint density at radius 3 is 2.41 bits per heavy atom. The largest absolute Gasteiger partial charge is 0.453 e. The molecule has 2 amide bonds. The third-order valence-electron chi connectivity index (χ3n) is 3.26. The second-order valence-electron chi connectivity index (χ2n) is 5.38. The lowest BCUT2D eigenvalue weighted by Gasteiger charge is -2.20. The Morgan fingerprint density at radius 1 is 1.23 bits per heavy atom. The van der Waals surface area contributed by atoms with Crippen molar-refractivity contribution >= 4 is 23.6 Å². The Morgan fingerprint density at radius 2 is 1.86 bits per heavy atom. The molecule has 122 valence electrons. The Balaban J connectivity index is 2.36. The topological polar surface area (TPSA) is 67.4 Å². The lowest BCUT2D eigenvalue weighted by Crippen LogP contribution is -2.49. The van der Waals surface area contributed by atoms with Crippen molar-refractivity contribution in [2.45, 2.75) is 32.7 Å². The number of hydrogen-bond donors (Lipinski definition) is 2. The lowest BCUT2D eigenvalue weighted by atomic mass is 10.0. The van der Waals surface area contributed by atoms with Gasteiger partial charge in [0.05, 0.1) is 7.11 Å². The minimum absolute atomic E-state index is 0.0182. The van der Waals surface area contributed by atoms with Crippen molar-refractivity contribution < 1.29 is 14.3 Å². The quantitative estimate of drug-likeness (QED) is 0.757. The molecule has 0 saturated carbocycles. The number of benzene rings is 1. The smallest absolute Gasteiger partial charge is 0.407 e. The first-order valence-electron chi connectivity index (χ1n) is 7.30. The predicted molar refractivity (Wildman–Crippen MR) is 86.9 cm³/mol. The normalized spacial score (nSPS) is 11.9. The number of methoxy groups -OCH3 is 1. The van der Waals surface area contributed by atoms with Gasteiger partial charge < -0.3 is 15.4 Å². The van der Waals surface area contributed by atoms with Crippen molar-refractivity contribution in [1.82, 2.24) is 10.6 Å². The van der Waals surface area contributed by atoms with Gasteiger partial charge in [0.25, 0.3) is 0 Å². The van der Waals surface area contributed by atoms with Crippen LogP contribution in [-0.4, -0.2) is 31.7 Å². The molecule has 5 nitrogen and oxygen atoms in total. The molecular weight excluding hydrogens is 304 g/mol. The van der Waals surface area contributed by atoms with Gasteiger partial charge in [-0.3, -0.25) is 4.79 Å². The van der Waals surface area contributed by atoms with Crippen molar-refractivity contribution in [1.29, 1.82) is 0 Å². The molecule has 6 heteroatoms. The molecule has 0 bridgehead atoms. The highest BCUT2D eigenvalue weighted by Gasteiger charge is 2.23. The van der Waals surface area contributed by atoms with E-state index in [1.54, 1.807) is 0 Å². The third-order valence-corrected chi connectivity index (χ3v) is 3.51. The first-order valence-corrected chi connectivity index (χ1v) is 7.68. The van der Waals surface area contributed by atoms with Crippen LogP contribution in [0.5, 0.6) is 0 Å². The zero-order chi connectivity index (χ0) is 16.5. The van der Waals surface area contributed by atoms with E-state index in [1.165, 1.54) is 12.7 Å². The number of ether oxygens (including phenoxy) is 1. The fourth-order valence-corrected chi connectivity index (χ4v) is 2.11. The molecule has 1 unspecified atom stereocenters. The summed E-state index contributed by atoms with van der Waals surface area (Å²) in [7, 11) is 1.27. The number of alkyl carbamates (subject to hydrolysis) is 1. The van der Waals surface area contributed by atoms with Gasteiger partial charge in [-0.05, 0) is 36.5 Å². The third kappa shape index (κ3) is 6.35. The predicted octanol–water partition coefficient (Wildman–Crippen LogP) is 2.77. The number of aryl methyl sites for hydroxylation is 1. The SMILES string of the molecule is COC(=O)NC(C(=O)NCCCc1ccc(Cl)cc1)C(C)C. The number of nitrogens with one attached hydrogen (secondary N) is 2. The average Bonchev–Trinajstić information content (AvgIpc) is 2.50. The number of rotatable bonds is 7. The summed E-state index contributed by atoms with van der Waals surface area (Å²) in [4.78, 5) is 23.3. The van der Waals surface area contributed by atoms with Crippen LogP contribution in [0.4, 0.5) is 4.79 Å². The molecule has 0 fully saturated rings. The van der Waals surface area contributed by atoms with Crippen LogP contribution in [0.25, 0.3) is 0 Å². The minimum atomic E-state index is -0.602. The van der Waals surface area contributed by atoms with Crippen LogP contribution < -0.4 is 10.6 Å². The minimum Gasteiger partial charge on any atom is -0.453 e. The van der Waals surface area contributed by atoms with E-state index in [1.807, 2.05) is 38.1 Å². The second kappa shape index (κ2) is 9.30. The molecule has 0 spiro atoms. The number of carbonyl (C=O) groups is 2. The fourth-order valence-electron chi connectivity index (χ4n) is 1.99. The van der Waals surface area contributed by atoms with Gasteiger partial charge >= 0.3 is 6.09 Å². The Hall–Kier alpha value is -1.75. The standard InChI is InChI=1S/C16H23ClN2O3/c1-11(2)14(19-16(21)22-3)15(20)18-10-4-5-12-6-8-13(17)9-7-12/h6-9,11,14H,4-5,10H2,1-3H3,(H,18,20)(H,19,21). The maximum Gasteiger partial charge on any atom is 0.407 e. The molecule has 2 N–H and O–H groups in total. The van der Waals surface area contributed by atoms with Crippen molar-refractivity contribution in [3.8, 4) is 0 Å². The molecule has 0 aliphatic rings. The van der Waals surface area contributed by atoms with Crippen LogP contribution in [0.1, 0.15) is 25.8 Å². The Kier molecular flexibility index (Phi) is 7.74. The molecule has 1 rings (SSSR count). The highest BCUT2D eigenvalue weighted by atomic mass is 35.5. The molecule has 0 heterocycles. The molecule has 0 radical (unpaired) electrons. The summed E-state index contributed by atoms with van der Waals surface area (Å²) in [6.07, 6.45) is 1.07. The van der Waals surface area contributed by atoms with Gasteiger partial charge in [-0.1, -0.05) is 37.6 Å². The molecule has 0 aromatic heterocycles. The van der Waals surface area contributed by atoms with Gasteiger partial charge in [0.1, 0.15) is 6.04 Å². The van der Waals surface area contributed by atoms with E-state index in [2.05, 4.69) is 15.4 Å². The van der Waals surface area contributed by atoms with Crippen LogP contribution in [0.15, 0.2) is 24.3 Å². The van der Waals surface area contributed by atoms with Crippen LogP contribution in [0.3, 0.4) is 0 Å². The van der Waals surface area contributed by atoms with E-state index in [-0.39, 0.29) is 11.8 Å². The second-order valence-corrected chi connectivity index (χ2v) is 5.82. The number of halogens is 1. The molecular formula is C16H23ClN2O3. The molecule has 22 heavy (non-hydrogen) atoms. The van der Waals surface area contributed by atoms with Crippen molar-refractivity contribution in [2.24, 2.45) is 5.92 Å². The highest BCUT2D eigenvalue weighted by molar-refractivity contribution is 6.30. The van der Waals surface area contributed by atoms with E-state index in [4.69, 9.17) is 11.6 Å². The summed E-state index contributed by atoms with van der Waals surface area (Å²) < 4.78 is 4.53. The van der Waals surface area contributed by atoms with Gasteiger partial charge in [0, 0.05) is 11.6 Å². The first kappa shape index (κ1) is 18.3. The summed E-state index contributed by atoms with van der Waals surface area (Å²) in [5.74, 6) is -0.216. The average molecular weight is 327 g/mol. The molecule has 1 aromatic carbocycles. The molecule has 1 aromatic rings. The molecule has 1 atom stereocenters. The van der Waals surface area contributed by atoms with E-state index >= 15 is 0 Å². The van der Waals surface area contributed by atoms with Crippen molar-refractivity contribution in [3.63, 3.8) is 0 Å². The maximum absolute atomic E-state index is 12.1. The number of hydrogen-bond acceptors (Lipinski definition) is 3. The Bertz CT molecular complexity index is 489. The maximum atomic E-state index is 12.1. The van der Waals surface area contributed by atoms with Gasteiger partial charge in [-0.25, -0.2) is 4.79 Å². The molecule has 0 aliphatic carbocycles. The lowest BCUT2D eigenvalue weighted by molar-refractivity contribution is -0.124. The van der Waals surface area contributed by atoms with Gasteiger partial charge in [-0.2, -0.15) is 0 Å². The first-order chi connectivity index (χ1) is 10.4. The van der Waals surface area contributed by atoms with Crippen molar-refractivity contribution in [3.05, 3.63) is 34.9 Å². The van der Waals surface area contributed by atoms with Crippen LogP contribution in [0, 0.1) is 5.92 Å². The monoisotopic (exact) mass is 326 g/mol. The summed E-state index contributed by atoms with van der Waals surface area (Å²) in [5, 5.41) is 6.10. The summed E-state index contributed by atoms with van der Waals surface area (Å²) >= 11 is 5.83. The number of amides is 2. The van der Waals surface area contributed by atoms with E-state index < -0.39 is 12.1 Å². The zero-order valence-corrected chi connectivity index (χ0v) is 13.9. The van der Waals surface area contributed by atoms with E-state index in [9.17, 15) is 9.59 Å². The molecule has 0 saturated heterocycles. The summed E-state index contributed by atoms with van der Waals surface area (Å²) in [6, 6.07) is 7.05. The van der Waals surface area contributed by atoms with Crippen LogP contribution in [0.2, 0.25) is 5.02 Å². The van der Waals surface area contributed by atoms with E-state index in [0.717, 1.165) is 12.8 Å². The Labute approximate surface area is 136 Å². The number of carbonyl (C=O) groups excluding carboxylic acids is 2. The summed E-state index contributed by atoms with van der Waals surface area (Å²) in [6.45, 7) is 4.29.